The molecule has 3 N–H and O–H groups in total. The van der Waals surface area contributed by atoms with Crippen molar-refractivity contribution < 1.29 is 27.8 Å². The van der Waals surface area contributed by atoms with Crippen molar-refractivity contribution in [2.75, 3.05) is 6.54 Å². The number of aliphatic hydroxyl groups is 1. The Labute approximate surface area is 117 Å². The van der Waals surface area contributed by atoms with E-state index in [9.17, 15) is 17.6 Å². The first-order chi connectivity index (χ1) is 8.65. The Hall–Kier alpha value is -1.03. The number of benzene rings is 1. The smallest absolute Gasteiger partial charge is 0.338 e. The third-order valence-corrected chi connectivity index (χ3v) is 3.97. The van der Waals surface area contributed by atoms with Crippen LogP contribution in [-0.4, -0.2) is 37.2 Å². The number of carboxylic acid groups (broad SMARTS) is 1. The zero-order valence-electron chi connectivity index (χ0n) is 9.72. The molecule has 0 saturated carbocycles. The molecule has 6 nitrogen and oxygen atoms in total. The molecule has 0 spiro atoms. The van der Waals surface area contributed by atoms with E-state index in [1.54, 1.807) is 0 Å². The van der Waals surface area contributed by atoms with Crippen LogP contribution in [0, 0.1) is 5.82 Å². The fourth-order valence-corrected chi connectivity index (χ4v) is 3.08. The SMILES string of the molecule is C[C@@H](O)CNS(=O)(=O)c1cc(Br)cc(C(=O)O)c1F. The standard InChI is InChI=1S/C10H11BrFNO5S/c1-5(14)4-13-19(17,18)8-3-6(11)2-7(9(8)12)10(15)16/h2-3,5,13-14H,4H2,1H3,(H,15,16)/t5-/m1/s1. The molecule has 0 heterocycles. The van der Waals surface area contributed by atoms with Crippen molar-refractivity contribution in [2.45, 2.75) is 17.9 Å². The first kappa shape index (κ1) is 16.0. The largest absolute Gasteiger partial charge is 0.478 e. The molecule has 0 aromatic heterocycles. The molecular formula is C10H11BrFNO5S. The molecule has 1 aromatic rings. The van der Waals surface area contributed by atoms with Crippen molar-refractivity contribution in [3.8, 4) is 0 Å². The quantitative estimate of drug-likeness (QED) is 0.729. The minimum Gasteiger partial charge on any atom is -0.478 e. The van der Waals surface area contributed by atoms with Crippen LogP contribution in [0.25, 0.3) is 0 Å². The maximum atomic E-state index is 13.8. The number of carbonyl (C=O) groups is 1. The van der Waals surface area contributed by atoms with Gasteiger partial charge in [-0.3, -0.25) is 0 Å². The lowest BCUT2D eigenvalue weighted by Gasteiger charge is -2.10. The number of hydrogen-bond acceptors (Lipinski definition) is 4. The summed E-state index contributed by atoms with van der Waals surface area (Å²) in [5.74, 6) is -2.93. The van der Waals surface area contributed by atoms with Gasteiger partial charge < -0.3 is 10.2 Å². The highest BCUT2D eigenvalue weighted by Crippen LogP contribution is 2.24. The number of aromatic carboxylic acids is 1. The summed E-state index contributed by atoms with van der Waals surface area (Å²) in [6, 6.07) is 1.91. The molecule has 0 amide bonds. The van der Waals surface area contributed by atoms with Gasteiger partial charge in [0, 0.05) is 11.0 Å². The number of halogens is 2. The van der Waals surface area contributed by atoms with Gasteiger partial charge in [0.05, 0.1) is 11.7 Å². The summed E-state index contributed by atoms with van der Waals surface area (Å²) < 4.78 is 39.5. The number of sulfonamides is 1. The third kappa shape index (κ3) is 3.96. The zero-order chi connectivity index (χ0) is 14.8. The summed E-state index contributed by atoms with van der Waals surface area (Å²) in [6.07, 6.45) is -0.955. The average Bonchev–Trinajstić information content (AvgIpc) is 2.28. The van der Waals surface area contributed by atoms with Crippen LogP contribution in [0.4, 0.5) is 4.39 Å². The Balaban J connectivity index is 3.31. The van der Waals surface area contributed by atoms with Gasteiger partial charge in [-0.2, -0.15) is 0 Å². The van der Waals surface area contributed by atoms with E-state index in [0.717, 1.165) is 12.1 Å². The van der Waals surface area contributed by atoms with Gasteiger partial charge in [-0.05, 0) is 19.1 Å². The van der Waals surface area contributed by atoms with Crippen molar-refractivity contribution in [3.63, 3.8) is 0 Å². The molecule has 19 heavy (non-hydrogen) atoms. The molecule has 106 valence electrons. The second kappa shape index (κ2) is 5.95. The molecule has 9 heteroatoms. The molecule has 0 bridgehead atoms. The van der Waals surface area contributed by atoms with Crippen LogP contribution in [-0.2, 0) is 10.0 Å². The fraction of sp³-hybridized carbons (Fsp3) is 0.300. The van der Waals surface area contributed by atoms with Crippen LogP contribution in [0.1, 0.15) is 17.3 Å². The summed E-state index contributed by atoms with van der Waals surface area (Å²) in [7, 11) is -4.24. The molecule has 0 fully saturated rings. The predicted molar refractivity (Wildman–Crippen MR) is 67.9 cm³/mol. The maximum Gasteiger partial charge on any atom is 0.338 e. The van der Waals surface area contributed by atoms with E-state index in [2.05, 4.69) is 15.9 Å². The molecular weight excluding hydrogens is 345 g/mol. The topological polar surface area (TPSA) is 104 Å². The van der Waals surface area contributed by atoms with E-state index < -0.39 is 38.4 Å². The number of hydrogen-bond donors (Lipinski definition) is 3. The Morgan fingerprint density at radius 1 is 1.53 bits per heavy atom. The highest BCUT2D eigenvalue weighted by molar-refractivity contribution is 9.10. The molecule has 0 saturated heterocycles. The molecule has 0 unspecified atom stereocenters. The van der Waals surface area contributed by atoms with E-state index in [1.807, 2.05) is 4.72 Å². The van der Waals surface area contributed by atoms with Gasteiger partial charge in [-0.1, -0.05) is 15.9 Å². The van der Waals surface area contributed by atoms with E-state index in [1.165, 1.54) is 6.92 Å². The van der Waals surface area contributed by atoms with Crippen LogP contribution in [0.3, 0.4) is 0 Å². The van der Waals surface area contributed by atoms with Gasteiger partial charge in [0.1, 0.15) is 4.90 Å². The van der Waals surface area contributed by atoms with Gasteiger partial charge >= 0.3 is 5.97 Å². The van der Waals surface area contributed by atoms with E-state index in [4.69, 9.17) is 10.2 Å². The first-order valence-corrected chi connectivity index (χ1v) is 7.33. The predicted octanol–water partition coefficient (Wildman–Crippen LogP) is 0.946. The van der Waals surface area contributed by atoms with E-state index in [0.29, 0.717) is 0 Å². The van der Waals surface area contributed by atoms with Crippen molar-refractivity contribution >= 4 is 31.9 Å². The lowest BCUT2D eigenvalue weighted by molar-refractivity contribution is 0.0691. The van der Waals surface area contributed by atoms with Crippen molar-refractivity contribution in [1.82, 2.24) is 4.72 Å². The number of carboxylic acids is 1. The van der Waals surface area contributed by atoms with Crippen LogP contribution in [0.2, 0.25) is 0 Å². The summed E-state index contributed by atoms with van der Waals surface area (Å²) in [4.78, 5) is 10.0. The maximum absolute atomic E-state index is 13.8. The monoisotopic (exact) mass is 355 g/mol. The second-order valence-corrected chi connectivity index (χ2v) is 6.42. The number of nitrogens with one attached hydrogen (secondary N) is 1. The highest BCUT2D eigenvalue weighted by Gasteiger charge is 2.25. The molecule has 0 aliphatic carbocycles. The third-order valence-electron chi connectivity index (χ3n) is 2.09. The van der Waals surface area contributed by atoms with Gasteiger partial charge in [-0.15, -0.1) is 0 Å². The Bertz CT molecular complexity index is 602. The van der Waals surface area contributed by atoms with Crippen LogP contribution in [0.15, 0.2) is 21.5 Å². The van der Waals surface area contributed by atoms with Crippen molar-refractivity contribution in [1.29, 1.82) is 0 Å². The summed E-state index contributed by atoms with van der Waals surface area (Å²) in [5, 5.41) is 17.8. The molecule has 0 aliphatic rings. The van der Waals surface area contributed by atoms with Crippen LogP contribution >= 0.6 is 15.9 Å². The van der Waals surface area contributed by atoms with Crippen molar-refractivity contribution in [2.24, 2.45) is 0 Å². The lowest BCUT2D eigenvalue weighted by atomic mass is 10.2. The zero-order valence-corrected chi connectivity index (χ0v) is 12.1. The van der Waals surface area contributed by atoms with Gasteiger partial charge in [0.15, 0.2) is 5.82 Å². The van der Waals surface area contributed by atoms with Gasteiger partial charge in [0.2, 0.25) is 10.0 Å². The lowest BCUT2D eigenvalue weighted by Crippen LogP contribution is -2.31. The first-order valence-electron chi connectivity index (χ1n) is 5.05. The molecule has 0 radical (unpaired) electrons. The normalized spacial score (nSPS) is 13.3. The Kier molecular flexibility index (Phi) is 5.02. The van der Waals surface area contributed by atoms with Crippen molar-refractivity contribution in [3.05, 3.63) is 28.0 Å². The van der Waals surface area contributed by atoms with Gasteiger partial charge in [-0.25, -0.2) is 22.3 Å². The van der Waals surface area contributed by atoms with Crippen LogP contribution in [0.5, 0.6) is 0 Å². The minimum absolute atomic E-state index is 0.115. The molecule has 1 aromatic carbocycles. The average molecular weight is 356 g/mol. The summed E-state index contributed by atoms with van der Waals surface area (Å²) >= 11 is 2.92. The summed E-state index contributed by atoms with van der Waals surface area (Å²) in [5.41, 5.74) is -0.758. The van der Waals surface area contributed by atoms with E-state index >= 15 is 0 Å². The second-order valence-electron chi connectivity index (χ2n) is 3.77. The number of rotatable bonds is 5. The molecule has 1 rings (SSSR count). The molecule has 1 atom stereocenters. The van der Waals surface area contributed by atoms with Gasteiger partial charge in [0.25, 0.3) is 0 Å². The van der Waals surface area contributed by atoms with E-state index in [-0.39, 0.29) is 11.0 Å². The number of aliphatic hydroxyl groups excluding tert-OH is 1. The highest BCUT2D eigenvalue weighted by atomic mass is 79.9. The fourth-order valence-electron chi connectivity index (χ4n) is 1.22. The van der Waals surface area contributed by atoms with Crippen LogP contribution < -0.4 is 4.72 Å². The summed E-state index contributed by atoms with van der Waals surface area (Å²) in [6.45, 7) is 1.04. The molecule has 0 aliphatic heterocycles. The Morgan fingerprint density at radius 3 is 2.58 bits per heavy atom. The minimum atomic E-state index is -4.24. The Morgan fingerprint density at radius 2 is 2.11 bits per heavy atom.